The molecule has 0 aliphatic carbocycles. The number of carbonyl (C=O) groups excluding carboxylic acids is 1. The highest BCUT2D eigenvalue weighted by atomic mass is 32.2. The predicted octanol–water partition coefficient (Wildman–Crippen LogP) is 3.72. The number of nitrogens with zero attached hydrogens (tertiary/aromatic N) is 3. The summed E-state index contributed by atoms with van der Waals surface area (Å²) in [6, 6.07) is 20.1. The lowest BCUT2D eigenvalue weighted by atomic mass is 10.1. The van der Waals surface area contributed by atoms with Gasteiger partial charge in [0.1, 0.15) is 11.4 Å². The van der Waals surface area contributed by atoms with E-state index in [-0.39, 0.29) is 17.4 Å². The number of carbonyl (C=O) groups is 1. The third-order valence-electron chi connectivity index (χ3n) is 5.60. The molecule has 0 atom stereocenters. The second-order valence-corrected chi connectivity index (χ2v) is 8.92. The number of phenolic OH excluding ortho intramolecular Hbond substituents is 1. The maximum absolute atomic E-state index is 12.6. The van der Waals surface area contributed by atoms with Gasteiger partial charge in [-0.25, -0.2) is 5.43 Å². The Labute approximate surface area is 224 Å². The predicted molar refractivity (Wildman–Crippen MR) is 144 cm³/mol. The lowest BCUT2D eigenvalue weighted by Gasteiger charge is -2.13. The molecule has 1 heterocycles. The number of thioether (sulfide) groups is 1. The van der Waals surface area contributed by atoms with Crippen LogP contribution in [0.25, 0.3) is 17.1 Å². The van der Waals surface area contributed by atoms with Gasteiger partial charge in [0.25, 0.3) is 11.7 Å². The van der Waals surface area contributed by atoms with Crippen molar-refractivity contribution in [2.45, 2.75) is 12.1 Å². The standard InChI is InChI=1S/C27H27N5O5S/c1-17(20-12-8-9-13-21(20)33)28-29-24(34)16-38-27-31-30-26(32(27)19-10-6-5-7-11-19)18-14-22(35-2)25(37-4)23(15-18)36-3/h5-15H,16H2,1-4H3,(H2,28,29,33,34)/p+1. The highest BCUT2D eigenvalue weighted by Crippen LogP contribution is 2.40. The summed E-state index contributed by atoms with van der Waals surface area (Å²) in [5, 5.41) is 22.3. The van der Waals surface area contributed by atoms with Gasteiger partial charge >= 0.3 is 5.16 Å². The van der Waals surface area contributed by atoms with Crippen LogP contribution in [0.3, 0.4) is 0 Å². The van der Waals surface area contributed by atoms with E-state index in [1.165, 1.54) is 11.8 Å². The lowest BCUT2D eigenvalue weighted by molar-refractivity contribution is -0.625. The molecule has 0 saturated carbocycles. The van der Waals surface area contributed by atoms with Gasteiger partial charge in [-0.3, -0.25) is 4.79 Å². The molecule has 0 fully saturated rings. The van der Waals surface area contributed by atoms with E-state index in [2.05, 4.69) is 20.7 Å². The van der Waals surface area contributed by atoms with Crippen LogP contribution in [0.5, 0.6) is 23.0 Å². The first kappa shape index (κ1) is 26.6. The average molecular weight is 535 g/mol. The minimum absolute atomic E-state index is 0.0595. The van der Waals surface area contributed by atoms with Crippen LogP contribution in [0, 0.1) is 0 Å². The molecular weight excluding hydrogens is 506 g/mol. The van der Waals surface area contributed by atoms with Crippen molar-refractivity contribution in [3.05, 3.63) is 72.3 Å². The van der Waals surface area contributed by atoms with Crippen molar-refractivity contribution in [1.29, 1.82) is 0 Å². The summed E-state index contributed by atoms with van der Waals surface area (Å²) in [6.45, 7) is 1.71. The molecule has 11 heteroatoms. The molecule has 0 spiro atoms. The van der Waals surface area contributed by atoms with Crippen molar-refractivity contribution in [1.82, 2.24) is 15.6 Å². The molecule has 1 amide bonds. The fourth-order valence-corrected chi connectivity index (χ4v) is 4.53. The number of phenols is 1. The number of amides is 1. The van der Waals surface area contributed by atoms with E-state index in [4.69, 9.17) is 14.2 Å². The van der Waals surface area contributed by atoms with Crippen molar-refractivity contribution < 1.29 is 28.7 Å². The fourth-order valence-electron chi connectivity index (χ4n) is 3.77. The van der Waals surface area contributed by atoms with Crippen LogP contribution in [0.15, 0.2) is 77.0 Å². The number of hydrazone groups is 1. The number of hydrogen-bond acceptors (Lipinski definition) is 8. The second kappa shape index (κ2) is 12.2. The molecule has 0 unspecified atom stereocenters. The number of ether oxygens (including phenoxy) is 3. The zero-order valence-electron chi connectivity index (χ0n) is 21.4. The van der Waals surface area contributed by atoms with Crippen LogP contribution >= 0.6 is 11.8 Å². The number of para-hydroxylation sites is 2. The molecule has 3 N–H and O–H groups in total. The maximum Gasteiger partial charge on any atom is 0.342 e. The van der Waals surface area contributed by atoms with Crippen LogP contribution < -0.4 is 24.2 Å². The van der Waals surface area contributed by atoms with Crippen molar-refractivity contribution >= 4 is 23.4 Å². The van der Waals surface area contributed by atoms with Crippen LogP contribution in [0.4, 0.5) is 0 Å². The Hall–Kier alpha value is -4.51. The van der Waals surface area contributed by atoms with Gasteiger partial charge in [-0.05, 0) is 55.1 Å². The Morgan fingerprint density at radius 2 is 1.68 bits per heavy atom. The number of nitrogens with one attached hydrogen (secondary N) is 2. The Balaban J connectivity index is 1.61. The smallest absolute Gasteiger partial charge is 0.342 e. The fraction of sp³-hybridized carbons (Fsp3) is 0.185. The molecule has 196 valence electrons. The summed E-state index contributed by atoms with van der Waals surface area (Å²) in [4.78, 5) is 12.6. The number of methoxy groups -OCH3 is 3. The Bertz CT molecular complexity index is 1430. The molecule has 4 rings (SSSR count). The van der Waals surface area contributed by atoms with Crippen LogP contribution in [0.1, 0.15) is 12.5 Å². The first-order chi connectivity index (χ1) is 18.5. The number of aromatic amines is 1. The first-order valence-corrected chi connectivity index (χ1v) is 12.6. The number of aromatic hydroxyl groups is 1. The number of benzene rings is 3. The van der Waals surface area contributed by atoms with Crippen molar-refractivity contribution in [2.24, 2.45) is 5.10 Å². The third-order valence-corrected chi connectivity index (χ3v) is 6.54. The molecular formula is C27H28N5O5S+. The second-order valence-electron chi connectivity index (χ2n) is 7.98. The molecule has 4 aromatic rings. The van der Waals surface area contributed by atoms with Crippen LogP contribution in [-0.2, 0) is 4.79 Å². The molecule has 3 aromatic carbocycles. The quantitative estimate of drug-likeness (QED) is 0.123. The summed E-state index contributed by atoms with van der Waals surface area (Å²) in [6.07, 6.45) is 0. The minimum atomic E-state index is -0.318. The molecule has 38 heavy (non-hydrogen) atoms. The molecule has 10 nitrogen and oxygen atoms in total. The zero-order chi connectivity index (χ0) is 27.1. The van der Waals surface area contributed by atoms with E-state index in [9.17, 15) is 9.90 Å². The minimum Gasteiger partial charge on any atom is -0.507 e. The Morgan fingerprint density at radius 3 is 2.32 bits per heavy atom. The summed E-state index contributed by atoms with van der Waals surface area (Å²) in [7, 11) is 4.67. The molecule has 0 radical (unpaired) electrons. The number of hydrogen-bond donors (Lipinski definition) is 3. The maximum atomic E-state index is 12.6. The van der Waals surface area contributed by atoms with Gasteiger partial charge in [0.15, 0.2) is 11.5 Å². The van der Waals surface area contributed by atoms with Crippen LogP contribution in [-0.4, -0.2) is 54.0 Å². The van der Waals surface area contributed by atoms with Gasteiger partial charge in [-0.15, -0.1) is 5.10 Å². The van der Waals surface area contributed by atoms with E-state index in [0.717, 1.165) is 11.3 Å². The number of aromatic nitrogens is 3. The van der Waals surface area contributed by atoms with Gasteiger partial charge in [0, 0.05) is 5.56 Å². The van der Waals surface area contributed by atoms with E-state index in [1.807, 2.05) is 47.0 Å². The van der Waals surface area contributed by atoms with E-state index >= 15 is 0 Å². The zero-order valence-corrected chi connectivity index (χ0v) is 22.2. The van der Waals surface area contributed by atoms with E-state index in [0.29, 0.717) is 39.5 Å². The van der Waals surface area contributed by atoms with Crippen LogP contribution in [0.2, 0.25) is 0 Å². The van der Waals surface area contributed by atoms with Crippen molar-refractivity contribution in [3.8, 4) is 40.1 Å². The van der Waals surface area contributed by atoms with Crippen molar-refractivity contribution in [3.63, 3.8) is 0 Å². The average Bonchev–Trinajstić information content (AvgIpc) is 3.38. The summed E-state index contributed by atoms with van der Waals surface area (Å²) in [5.41, 5.74) is 5.17. The Kier molecular flexibility index (Phi) is 8.49. The SMILES string of the molecule is COc1cc(-c2[nH]nc(SCC(=O)N/N=C(\C)c3ccccc3O)[n+]2-c2ccccc2)cc(OC)c1OC. The normalized spacial score (nSPS) is 11.2. The van der Waals surface area contributed by atoms with Gasteiger partial charge in [0.2, 0.25) is 5.75 Å². The number of rotatable bonds is 10. The molecule has 0 saturated heterocycles. The topological polar surface area (TPSA) is 122 Å². The first-order valence-electron chi connectivity index (χ1n) is 11.6. The Morgan fingerprint density at radius 1 is 1.03 bits per heavy atom. The van der Waals surface area contributed by atoms with Gasteiger partial charge in [-0.1, -0.05) is 30.3 Å². The summed E-state index contributed by atoms with van der Waals surface area (Å²) < 4.78 is 18.4. The van der Waals surface area contributed by atoms with E-state index in [1.54, 1.807) is 52.5 Å². The third kappa shape index (κ3) is 5.73. The highest BCUT2D eigenvalue weighted by molar-refractivity contribution is 7.99. The van der Waals surface area contributed by atoms with Gasteiger partial charge in [-0.2, -0.15) is 9.67 Å². The molecule has 0 aliphatic heterocycles. The lowest BCUT2D eigenvalue weighted by Crippen LogP contribution is -2.34. The van der Waals surface area contributed by atoms with Gasteiger partial charge < -0.3 is 19.3 Å². The summed E-state index contributed by atoms with van der Waals surface area (Å²) >= 11 is 1.25. The van der Waals surface area contributed by atoms with Crippen molar-refractivity contribution in [2.75, 3.05) is 27.1 Å². The summed E-state index contributed by atoms with van der Waals surface area (Å²) in [5.74, 6) is 1.98. The highest BCUT2D eigenvalue weighted by Gasteiger charge is 2.27. The molecule has 0 bridgehead atoms. The van der Waals surface area contributed by atoms with E-state index < -0.39 is 0 Å². The molecule has 0 aliphatic rings. The number of H-pyrrole nitrogens is 1. The monoisotopic (exact) mass is 534 g/mol. The van der Waals surface area contributed by atoms with Gasteiger partial charge in [0.05, 0.1) is 43.5 Å². The largest absolute Gasteiger partial charge is 0.507 e. The molecule has 1 aromatic heterocycles.